The summed E-state index contributed by atoms with van der Waals surface area (Å²) in [4.78, 5) is 25.7. The Kier molecular flexibility index (Phi) is 9.36. The molecule has 1 heterocycles. The van der Waals surface area contributed by atoms with Crippen LogP contribution in [0.5, 0.6) is 0 Å². The van der Waals surface area contributed by atoms with Gasteiger partial charge in [-0.3, -0.25) is 9.59 Å². The number of piperidine rings is 1. The van der Waals surface area contributed by atoms with Crippen LogP contribution in [0, 0.1) is 0 Å². The number of hydrogen-bond acceptors (Lipinski definition) is 2. The molecule has 21 heavy (non-hydrogen) atoms. The molecule has 1 aliphatic rings. The topological polar surface area (TPSA) is 37.4 Å². The summed E-state index contributed by atoms with van der Waals surface area (Å²) in [7, 11) is 0. The summed E-state index contributed by atoms with van der Waals surface area (Å²) >= 11 is 0. The Morgan fingerprint density at radius 3 is 2.33 bits per heavy atom. The lowest BCUT2D eigenvalue weighted by Gasteiger charge is -2.35. The molecule has 0 bridgehead atoms. The van der Waals surface area contributed by atoms with E-state index < -0.39 is 0 Å². The van der Waals surface area contributed by atoms with Crippen molar-refractivity contribution in [3.05, 3.63) is 0 Å². The van der Waals surface area contributed by atoms with Gasteiger partial charge in [-0.15, -0.1) is 0 Å². The van der Waals surface area contributed by atoms with Crippen molar-refractivity contribution in [1.29, 1.82) is 0 Å². The fraction of sp³-hybridized carbons (Fsp3) is 0.889. The van der Waals surface area contributed by atoms with Gasteiger partial charge in [0.1, 0.15) is 5.78 Å². The number of amides is 1. The van der Waals surface area contributed by atoms with E-state index in [9.17, 15) is 9.59 Å². The molecule has 0 radical (unpaired) electrons. The molecule has 1 saturated heterocycles. The second-order valence-electron chi connectivity index (χ2n) is 6.51. The highest BCUT2D eigenvalue weighted by molar-refractivity contribution is 5.79. The molecule has 1 rings (SSSR count). The predicted molar refractivity (Wildman–Crippen MR) is 87.3 cm³/mol. The van der Waals surface area contributed by atoms with Crippen LogP contribution in [-0.2, 0) is 9.59 Å². The molecular weight excluding hydrogens is 262 g/mol. The Hall–Kier alpha value is -0.860. The SMILES string of the molecule is CCCCCCCCCC(=O)N1CCCCC1CC(C)=O. The van der Waals surface area contributed by atoms with Gasteiger partial charge in [0, 0.05) is 25.4 Å². The number of ketones is 1. The van der Waals surface area contributed by atoms with Crippen LogP contribution < -0.4 is 0 Å². The maximum absolute atomic E-state index is 12.3. The summed E-state index contributed by atoms with van der Waals surface area (Å²) in [6.07, 6.45) is 13.1. The summed E-state index contributed by atoms with van der Waals surface area (Å²) in [5, 5.41) is 0. The van der Waals surface area contributed by atoms with E-state index in [4.69, 9.17) is 0 Å². The first-order valence-electron chi connectivity index (χ1n) is 8.94. The van der Waals surface area contributed by atoms with E-state index in [-0.39, 0.29) is 17.7 Å². The number of carbonyl (C=O) groups excluding carboxylic acids is 2. The molecular formula is C18H33NO2. The summed E-state index contributed by atoms with van der Waals surface area (Å²) in [5.41, 5.74) is 0. The zero-order valence-electron chi connectivity index (χ0n) is 14.0. The normalized spacial score (nSPS) is 18.8. The van der Waals surface area contributed by atoms with Gasteiger partial charge in [0.2, 0.25) is 5.91 Å². The first-order valence-corrected chi connectivity index (χ1v) is 8.94. The van der Waals surface area contributed by atoms with E-state index >= 15 is 0 Å². The number of unbranched alkanes of at least 4 members (excludes halogenated alkanes) is 6. The molecule has 0 aromatic rings. The second kappa shape index (κ2) is 10.8. The molecule has 1 atom stereocenters. The molecule has 1 unspecified atom stereocenters. The highest BCUT2D eigenvalue weighted by Gasteiger charge is 2.26. The van der Waals surface area contributed by atoms with Crippen molar-refractivity contribution in [2.24, 2.45) is 0 Å². The van der Waals surface area contributed by atoms with Crippen molar-refractivity contribution in [2.45, 2.75) is 96.9 Å². The highest BCUT2D eigenvalue weighted by atomic mass is 16.2. The molecule has 0 spiro atoms. The average Bonchev–Trinajstić information content (AvgIpc) is 2.46. The summed E-state index contributed by atoms with van der Waals surface area (Å²) in [5.74, 6) is 0.477. The van der Waals surface area contributed by atoms with Crippen LogP contribution in [0.1, 0.15) is 90.9 Å². The molecule has 1 fully saturated rings. The molecule has 0 aromatic carbocycles. The maximum atomic E-state index is 12.3. The van der Waals surface area contributed by atoms with Crippen molar-refractivity contribution < 1.29 is 9.59 Å². The van der Waals surface area contributed by atoms with Gasteiger partial charge in [0.15, 0.2) is 0 Å². The van der Waals surface area contributed by atoms with E-state index in [0.29, 0.717) is 12.8 Å². The Balaban J connectivity index is 2.21. The van der Waals surface area contributed by atoms with Crippen LogP contribution in [0.4, 0.5) is 0 Å². The van der Waals surface area contributed by atoms with Crippen molar-refractivity contribution >= 4 is 11.7 Å². The van der Waals surface area contributed by atoms with Crippen LogP contribution >= 0.6 is 0 Å². The molecule has 122 valence electrons. The Morgan fingerprint density at radius 2 is 1.67 bits per heavy atom. The van der Waals surface area contributed by atoms with E-state index in [1.807, 2.05) is 4.90 Å². The molecule has 3 heteroatoms. The lowest BCUT2D eigenvalue weighted by atomic mass is 9.97. The van der Waals surface area contributed by atoms with Gasteiger partial charge in [-0.1, -0.05) is 45.4 Å². The highest BCUT2D eigenvalue weighted by Crippen LogP contribution is 2.21. The molecule has 0 saturated carbocycles. The Bertz CT molecular complexity index is 314. The van der Waals surface area contributed by atoms with Gasteiger partial charge in [0.25, 0.3) is 0 Å². The molecule has 0 aliphatic carbocycles. The number of hydrogen-bond donors (Lipinski definition) is 0. The monoisotopic (exact) mass is 295 g/mol. The number of carbonyl (C=O) groups is 2. The quantitative estimate of drug-likeness (QED) is 0.557. The summed E-state index contributed by atoms with van der Waals surface area (Å²) < 4.78 is 0. The summed E-state index contributed by atoms with van der Waals surface area (Å²) in [6.45, 7) is 4.72. The second-order valence-corrected chi connectivity index (χ2v) is 6.51. The largest absolute Gasteiger partial charge is 0.339 e. The lowest BCUT2D eigenvalue weighted by Crippen LogP contribution is -2.44. The third-order valence-electron chi connectivity index (χ3n) is 4.46. The van der Waals surface area contributed by atoms with Gasteiger partial charge in [-0.25, -0.2) is 0 Å². The predicted octanol–water partition coefficient (Wildman–Crippen LogP) is 4.49. The minimum Gasteiger partial charge on any atom is -0.339 e. The van der Waals surface area contributed by atoms with E-state index in [0.717, 1.165) is 32.2 Å². The van der Waals surface area contributed by atoms with E-state index in [1.165, 1.54) is 38.5 Å². The first kappa shape index (κ1) is 18.2. The van der Waals surface area contributed by atoms with Gasteiger partial charge < -0.3 is 4.90 Å². The number of Topliss-reactive ketones (excluding diaryl/α,β-unsaturated/α-hetero) is 1. The zero-order chi connectivity index (χ0) is 15.5. The molecule has 1 aliphatic heterocycles. The molecule has 1 amide bonds. The Morgan fingerprint density at radius 1 is 1.00 bits per heavy atom. The minimum absolute atomic E-state index is 0.174. The van der Waals surface area contributed by atoms with Crippen molar-refractivity contribution in [1.82, 2.24) is 4.90 Å². The average molecular weight is 295 g/mol. The van der Waals surface area contributed by atoms with Gasteiger partial charge in [-0.05, 0) is 32.6 Å². The van der Waals surface area contributed by atoms with Crippen molar-refractivity contribution in [3.8, 4) is 0 Å². The zero-order valence-corrected chi connectivity index (χ0v) is 14.0. The molecule has 3 nitrogen and oxygen atoms in total. The van der Waals surface area contributed by atoms with Crippen LogP contribution in [0.25, 0.3) is 0 Å². The van der Waals surface area contributed by atoms with Crippen molar-refractivity contribution in [2.75, 3.05) is 6.54 Å². The number of likely N-dealkylation sites (tertiary alicyclic amines) is 1. The smallest absolute Gasteiger partial charge is 0.222 e. The van der Waals surface area contributed by atoms with E-state index in [1.54, 1.807) is 6.92 Å². The van der Waals surface area contributed by atoms with Crippen LogP contribution in [0.2, 0.25) is 0 Å². The van der Waals surface area contributed by atoms with Crippen LogP contribution in [-0.4, -0.2) is 29.2 Å². The number of rotatable bonds is 10. The molecule has 0 N–H and O–H groups in total. The lowest BCUT2D eigenvalue weighted by molar-refractivity contribution is -0.135. The third-order valence-corrected chi connectivity index (χ3v) is 4.46. The maximum Gasteiger partial charge on any atom is 0.222 e. The van der Waals surface area contributed by atoms with Crippen molar-refractivity contribution in [3.63, 3.8) is 0 Å². The standard InChI is InChI=1S/C18H33NO2/c1-3-4-5-6-7-8-9-13-18(21)19-14-11-10-12-17(19)15-16(2)20/h17H,3-15H2,1-2H3. The fourth-order valence-corrected chi connectivity index (χ4v) is 3.25. The number of nitrogens with zero attached hydrogens (tertiary/aromatic N) is 1. The Labute approximate surface area is 130 Å². The first-order chi connectivity index (χ1) is 10.1. The third kappa shape index (κ3) is 7.63. The van der Waals surface area contributed by atoms with Gasteiger partial charge in [0.05, 0.1) is 0 Å². The summed E-state index contributed by atoms with van der Waals surface area (Å²) in [6, 6.07) is 0.174. The van der Waals surface area contributed by atoms with Gasteiger partial charge in [-0.2, -0.15) is 0 Å². The van der Waals surface area contributed by atoms with E-state index in [2.05, 4.69) is 6.92 Å². The van der Waals surface area contributed by atoms with Crippen LogP contribution in [0.3, 0.4) is 0 Å². The van der Waals surface area contributed by atoms with Gasteiger partial charge >= 0.3 is 0 Å². The fourth-order valence-electron chi connectivity index (χ4n) is 3.25. The minimum atomic E-state index is 0.174. The molecule has 0 aromatic heterocycles. The van der Waals surface area contributed by atoms with Crippen LogP contribution in [0.15, 0.2) is 0 Å².